The van der Waals surface area contributed by atoms with Crippen molar-refractivity contribution in [2.75, 3.05) is 7.05 Å². The summed E-state index contributed by atoms with van der Waals surface area (Å²) in [6.07, 6.45) is 8.75. The van der Waals surface area contributed by atoms with Crippen LogP contribution in [0.5, 0.6) is 0 Å². The van der Waals surface area contributed by atoms with E-state index in [1.165, 1.54) is 35.5 Å². The molecule has 1 N–H and O–H groups in total. The Morgan fingerprint density at radius 1 is 1.38 bits per heavy atom. The predicted octanol–water partition coefficient (Wildman–Crippen LogP) is 3.57. The van der Waals surface area contributed by atoms with Crippen LogP contribution in [0.3, 0.4) is 0 Å². The Hall–Kier alpha value is -1.20. The summed E-state index contributed by atoms with van der Waals surface area (Å²) in [7, 11) is 2.06. The minimum absolute atomic E-state index is 0.322. The molecule has 0 amide bonds. The lowest BCUT2D eigenvalue weighted by Gasteiger charge is -2.34. The van der Waals surface area contributed by atoms with E-state index in [0.717, 1.165) is 11.4 Å². The number of hydrogen-bond donors (Lipinski definition) is 1. The van der Waals surface area contributed by atoms with Crippen LogP contribution in [0.25, 0.3) is 10.7 Å². The summed E-state index contributed by atoms with van der Waals surface area (Å²) < 4.78 is 2.31. The largest absolute Gasteiger partial charge is 0.326 e. The van der Waals surface area contributed by atoms with E-state index < -0.39 is 0 Å². The fourth-order valence-electron chi connectivity index (χ4n) is 3.39. The standard InChI is InChI=1S/C16H22N4S/c1-16(2)6-11(17-3)14-12(7-16)19-15(21-14)13-8-18-9-20(13)10-4-5-10/h8-11,17H,4-7H2,1-3H3. The van der Waals surface area contributed by atoms with Gasteiger partial charge in [-0.05, 0) is 38.1 Å². The van der Waals surface area contributed by atoms with Gasteiger partial charge in [-0.2, -0.15) is 0 Å². The van der Waals surface area contributed by atoms with E-state index in [9.17, 15) is 0 Å². The topological polar surface area (TPSA) is 42.7 Å². The minimum Gasteiger partial charge on any atom is -0.326 e. The molecule has 0 aromatic carbocycles. The van der Waals surface area contributed by atoms with E-state index in [4.69, 9.17) is 4.98 Å². The highest BCUT2D eigenvalue weighted by molar-refractivity contribution is 7.15. The highest BCUT2D eigenvalue weighted by Crippen LogP contribution is 2.45. The van der Waals surface area contributed by atoms with Crippen LogP contribution in [-0.2, 0) is 6.42 Å². The molecule has 0 saturated heterocycles. The predicted molar refractivity (Wildman–Crippen MR) is 85.5 cm³/mol. The first-order valence-electron chi connectivity index (χ1n) is 7.76. The molecule has 2 aliphatic carbocycles. The molecule has 1 saturated carbocycles. The maximum absolute atomic E-state index is 4.98. The number of hydrogen-bond acceptors (Lipinski definition) is 4. The normalized spacial score (nSPS) is 24.0. The van der Waals surface area contributed by atoms with Crippen LogP contribution in [0.4, 0.5) is 0 Å². The number of fused-ring (bicyclic) bond motifs is 1. The molecule has 4 rings (SSSR count). The smallest absolute Gasteiger partial charge is 0.142 e. The van der Waals surface area contributed by atoms with E-state index in [1.807, 2.05) is 23.9 Å². The van der Waals surface area contributed by atoms with Crippen LogP contribution in [0.15, 0.2) is 12.5 Å². The molecule has 21 heavy (non-hydrogen) atoms. The molecule has 4 nitrogen and oxygen atoms in total. The molecule has 1 atom stereocenters. The Bertz CT molecular complexity index is 666. The van der Waals surface area contributed by atoms with E-state index in [0.29, 0.717) is 17.5 Å². The third-order valence-corrected chi connectivity index (χ3v) is 5.85. The molecular weight excluding hydrogens is 280 g/mol. The van der Waals surface area contributed by atoms with Crippen molar-refractivity contribution in [1.82, 2.24) is 19.9 Å². The summed E-state index contributed by atoms with van der Waals surface area (Å²) in [5, 5.41) is 4.61. The first-order chi connectivity index (χ1) is 10.1. The van der Waals surface area contributed by atoms with Gasteiger partial charge in [0.25, 0.3) is 0 Å². The van der Waals surface area contributed by atoms with Crippen molar-refractivity contribution >= 4 is 11.3 Å². The number of nitrogens with zero attached hydrogens (tertiary/aromatic N) is 3. The van der Waals surface area contributed by atoms with Crippen molar-refractivity contribution < 1.29 is 0 Å². The summed E-state index contributed by atoms with van der Waals surface area (Å²) in [5.41, 5.74) is 2.81. The molecule has 112 valence electrons. The van der Waals surface area contributed by atoms with Crippen LogP contribution in [0, 0.1) is 5.41 Å². The second kappa shape index (κ2) is 4.65. The lowest BCUT2D eigenvalue weighted by atomic mass is 9.76. The second-order valence-corrected chi connectivity index (χ2v) is 8.16. The Labute approximate surface area is 129 Å². The number of rotatable bonds is 3. The van der Waals surface area contributed by atoms with Crippen molar-refractivity contribution in [3.8, 4) is 10.7 Å². The van der Waals surface area contributed by atoms with E-state index >= 15 is 0 Å². The van der Waals surface area contributed by atoms with Crippen LogP contribution in [0.2, 0.25) is 0 Å². The fourth-order valence-corrected chi connectivity index (χ4v) is 4.60. The summed E-state index contributed by atoms with van der Waals surface area (Å²) in [5.74, 6) is 0. The Morgan fingerprint density at radius 3 is 2.90 bits per heavy atom. The Morgan fingerprint density at radius 2 is 2.19 bits per heavy atom. The van der Waals surface area contributed by atoms with Gasteiger partial charge < -0.3 is 9.88 Å². The summed E-state index contributed by atoms with van der Waals surface area (Å²) in [6.45, 7) is 4.68. The van der Waals surface area contributed by atoms with Crippen LogP contribution in [0.1, 0.15) is 55.8 Å². The van der Waals surface area contributed by atoms with E-state index in [1.54, 1.807) is 0 Å². The lowest BCUT2D eigenvalue weighted by Crippen LogP contribution is -2.30. The zero-order valence-corrected chi connectivity index (χ0v) is 13.7. The maximum Gasteiger partial charge on any atom is 0.142 e. The van der Waals surface area contributed by atoms with Gasteiger partial charge >= 0.3 is 0 Å². The molecule has 0 spiro atoms. The van der Waals surface area contributed by atoms with Gasteiger partial charge in [-0.1, -0.05) is 13.8 Å². The molecule has 0 bridgehead atoms. The molecule has 2 heterocycles. The number of aromatic nitrogens is 3. The van der Waals surface area contributed by atoms with Crippen LogP contribution >= 0.6 is 11.3 Å². The van der Waals surface area contributed by atoms with Gasteiger partial charge in [-0.15, -0.1) is 11.3 Å². The SMILES string of the molecule is CNC1CC(C)(C)Cc2nc(-c3cncn3C3CC3)sc21. The number of imidazole rings is 1. The number of thiazole rings is 1. The van der Waals surface area contributed by atoms with Crippen molar-refractivity contribution in [2.24, 2.45) is 5.41 Å². The van der Waals surface area contributed by atoms with Crippen molar-refractivity contribution in [3.05, 3.63) is 23.1 Å². The van der Waals surface area contributed by atoms with Gasteiger partial charge in [0, 0.05) is 17.0 Å². The average Bonchev–Trinajstić information content (AvgIpc) is 3.01. The van der Waals surface area contributed by atoms with E-state index in [-0.39, 0.29) is 0 Å². The molecular formula is C16H22N4S. The molecule has 2 aliphatic rings. The van der Waals surface area contributed by atoms with Crippen LogP contribution < -0.4 is 5.32 Å². The van der Waals surface area contributed by atoms with Gasteiger partial charge in [-0.25, -0.2) is 9.97 Å². The van der Waals surface area contributed by atoms with Crippen molar-refractivity contribution in [2.45, 2.75) is 51.6 Å². The average molecular weight is 302 g/mol. The molecule has 5 heteroatoms. The van der Waals surface area contributed by atoms with Gasteiger partial charge in [0.2, 0.25) is 0 Å². The summed E-state index contributed by atoms with van der Waals surface area (Å²) in [4.78, 5) is 10.7. The Kier molecular flexibility index (Phi) is 2.98. The quantitative estimate of drug-likeness (QED) is 0.942. The van der Waals surface area contributed by atoms with Gasteiger partial charge in [0.15, 0.2) is 0 Å². The number of nitrogens with one attached hydrogen (secondary N) is 1. The fraction of sp³-hybridized carbons (Fsp3) is 0.625. The molecule has 0 radical (unpaired) electrons. The minimum atomic E-state index is 0.322. The van der Waals surface area contributed by atoms with Crippen molar-refractivity contribution in [1.29, 1.82) is 0 Å². The first-order valence-corrected chi connectivity index (χ1v) is 8.58. The highest BCUT2D eigenvalue weighted by Gasteiger charge is 2.35. The summed E-state index contributed by atoms with van der Waals surface area (Å²) >= 11 is 1.85. The zero-order chi connectivity index (χ0) is 14.6. The van der Waals surface area contributed by atoms with Crippen LogP contribution in [-0.4, -0.2) is 21.6 Å². The molecule has 0 aliphatic heterocycles. The van der Waals surface area contributed by atoms with Crippen molar-refractivity contribution in [3.63, 3.8) is 0 Å². The third-order valence-electron chi connectivity index (χ3n) is 4.62. The lowest BCUT2D eigenvalue weighted by molar-refractivity contribution is 0.265. The van der Waals surface area contributed by atoms with Gasteiger partial charge in [-0.3, -0.25) is 0 Å². The summed E-state index contributed by atoms with van der Waals surface area (Å²) in [6, 6.07) is 1.09. The molecule has 1 unspecified atom stereocenters. The zero-order valence-electron chi connectivity index (χ0n) is 12.9. The highest BCUT2D eigenvalue weighted by atomic mass is 32.1. The second-order valence-electron chi connectivity index (χ2n) is 7.13. The third kappa shape index (κ3) is 2.32. The monoisotopic (exact) mass is 302 g/mol. The first kappa shape index (κ1) is 13.5. The molecule has 2 aromatic heterocycles. The Balaban J connectivity index is 1.76. The van der Waals surface area contributed by atoms with Gasteiger partial charge in [0.1, 0.15) is 5.01 Å². The maximum atomic E-state index is 4.98. The molecule has 2 aromatic rings. The molecule has 1 fully saturated rings. The van der Waals surface area contributed by atoms with Gasteiger partial charge in [0.05, 0.1) is 23.9 Å². The van der Waals surface area contributed by atoms with E-state index in [2.05, 4.69) is 35.8 Å².